The van der Waals surface area contributed by atoms with Crippen molar-refractivity contribution in [2.24, 2.45) is 0 Å². The Bertz CT molecular complexity index is 335. The minimum atomic E-state index is 0.149. The molecule has 0 bridgehead atoms. The van der Waals surface area contributed by atoms with Crippen LogP contribution in [0.2, 0.25) is 0 Å². The number of hydrogen-bond donors (Lipinski definition) is 1. The van der Waals surface area contributed by atoms with E-state index in [-0.39, 0.29) is 5.41 Å². The minimum absolute atomic E-state index is 0.149. The molecular weight excluding hydrogens is 172 g/mol. The van der Waals surface area contributed by atoms with Crippen molar-refractivity contribution in [2.75, 3.05) is 5.73 Å². The molecule has 0 aliphatic carbocycles. The Labute approximate surface area is 86.5 Å². The van der Waals surface area contributed by atoms with Crippen LogP contribution in [0.15, 0.2) is 6.07 Å². The first-order valence-corrected chi connectivity index (χ1v) is 5.12. The SMILES string of the molecule is CCc1cc(N)nc(C)c1C(C)(C)C. The van der Waals surface area contributed by atoms with Gasteiger partial charge in [-0.2, -0.15) is 0 Å². The van der Waals surface area contributed by atoms with Gasteiger partial charge >= 0.3 is 0 Å². The zero-order chi connectivity index (χ0) is 10.9. The molecule has 0 fully saturated rings. The van der Waals surface area contributed by atoms with Crippen molar-refractivity contribution in [2.45, 2.75) is 46.5 Å². The Kier molecular flexibility index (Phi) is 2.84. The summed E-state index contributed by atoms with van der Waals surface area (Å²) in [6, 6.07) is 1.99. The second kappa shape index (κ2) is 3.60. The van der Waals surface area contributed by atoms with Gasteiger partial charge in [-0.05, 0) is 36.0 Å². The molecule has 0 saturated carbocycles. The third kappa shape index (κ3) is 2.06. The van der Waals surface area contributed by atoms with E-state index in [9.17, 15) is 0 Å². The molecule has 0 amide bonds. The Balaban J connectivity index is 3.40. The summed E-state index contributed by atoms with van der Waals surface area (Å²) in [7, 11) is 0. The van der Waals surface area contributed by atoms with Crippen molar-refractivity contribution < 1.29 is 0 Å². The van der Waals surface area contributed by atoms with Gasteiger partial charge in [0.2, 0.25) is 0 Å². The van der Waals surface area contributed by atoms with E-state index in [1.807, 2.05) is 13.0 Å². The molecule has 0 aliphatic rings. The number of aryl methyl sites for hydroxylation is 2. The van der Waals surface area contributed by atoms with Gasteiger partial charge in [-0.3, -0.25) is 0 Å². The van der Waals surface area contributed by atoms with Gasteiger partial charge in [0.25, 0.3) is 0 Å². The van der Waals surface area contributed by atoms with Gasteiger partial charge in [0.15, 0.2) is 0 Å². The molecule has 0 aliphatic heterocycles. The van der Waals surface area contributed by atoms with E-state index >= 15 is 0 Å². The number of nitrogens with zero attached hydrogens (tertiary/aromatic N) is 1. The number of anilines is 1. The number of nitrogens with two attached hydrogens (primary N) is 1. The van der Waals surface area contributed by atoms with Crippen LogP contribution in [0.1, 0.15) is 44.5 Å². The Morgan fingerprint density at radius 2 is 1.93 bits per heavy atom. The fraction of sp³-hybridized carbons (Fsp3) is 0.583. The smallest absolute Gasteiger partial charge is 0.123 e. The van der Waals surface area contributed by atoms with Crippen molar-refractivity contribution in [3.63, 3.8) is 0 Å². The summed E-state index contributed by atoms with van der Waals surface area (Å²) in [4.78, 5) is 4.33. The Morgan fingerprint density at radius 1 is 1.36 bits per heavy atom. The molecule has 0 unspecified atom stereocenters. The molecule has 0 radical (unpaired) electrons. The molecule has 0 saturated heterocycles. The molecular formula is C12H20N2. The molecule has 0 spiro atoms. The molecule has 2 heteroatoms. The Morgan fingerprint density at radius 3 is 2.36 bits per heavy atom. The molecule has 2 N–H and O–H groups in total. The van der Waals surface area contributed by atoms with Gasteiger partial charge in [0.1, 0.15) is 5.82 Å². The number of aromatic nitrogens is 1. The molecule has 1 rings (SSSR count). The van der Waals surface area contributed by atoms with E-state index in [4.69, 9.17) is 5.73 Å². The van der Waals surface area contributed by atoms with Crippen LogP contribution in [0.4, 0.5) is 5.82 Å². The van der Waals surface area contributed by atoms with E-state index in [1.165, 1.54) is 11.1 Å². The largest absolute Gasteiger partial charge is 0.384 e. The van der Waals surface area contributed by atoms with Crippen LogP contribution >= 0.6 is 0 Å². The maximum Gasteiger partial charge on any atom is 0.123 e. The normalized spacial score (nSPS) is 11.8. The van der Waals surface area contributed by atoms with Crippen LogP contribution < -0.4 is 5.73 Å². The number of nitrogen functional groups attached to an aromatic ring is 1. The van der Waals surface area contributed by atoms with E-state index in [0.29, 0.717) is 5.82 Å². The van der Waals surface area contributed by atoms with Crippen molar-refractivity contribution in [3.05, 3.63) is 22.9 Å². The fourth-order valence-electron chi connectivity index (χ4n) is 2.07. The lowest BCUT2D eigenvalue weighted by Crippen LogP contribution is -2.17. The summed E-state index contributed by atoms with van der Waals surface area (Å²) in [5, 5.41) is 0. The average molecular weight is 192 g/mol. The zero-order valence-electron chi connectivity index (χ0n) is 9.81. The standard InChI is InChI=1S/C12H20N2/c1-6-9-7-10(13)14-8(2)11(9)12(3,4)5/h7H,6H2,1-5H3,(H2,13,14). The topological polar surface area (TPSA) is 38.9 Å². The molecule has 0 aromatic carbocycles. The summed E-state index contributed by atoms with van der Waals surface area (Å²) >= 11 is 0. The van der Waals surface area contributed by atoms with E-state index < -0.39 is 0 Å². The minimum Gasteiger partial charge on any atom is -0.384 e. The molecule has 2 nitrogen and oxygen atoms in total. The molecule has 1 aromatic rings. The summed E-state index contributed by atoms with van der Waals surface area (Å²) in [5.74, 6) is 0.632. The highest BCUT2D eigenvalue weighted by atomic mass is 14.8. The molecule has 14 heavy (non-hydrogen) atoms. The van der Waals surface area contributed by atoms with Gasteiger partial charge in [-0.15, -0.1) is 0 Å². The van der Waals surface area contributed by atoms with Crippen LogP contribution in [0.3, 0.4) is 0 Å². The highest BCUT2D eigenvalue weighted by Gasteiger charge is 2.20. The van der Waals surface area contributed by atoms with E-state index in [1.54, 1.807) is 0 Å². The fourth-order valence-corrected chi connectivity index (χ4v) is 2.07. The van der Waals surface area contributed by atoms with Gasteiger partial charge in [-0.1, -0.05) is 27.7 Å². The lowest BCUT2D eigenvalue weighted by atomic mass is 9.82. The van der Waals surface area contributed by atoms with Crippen molar-refractivity contribution in [1.82, 2.24) is 4.98 Å². The van der Waals surface area contributed by atoms with Crippen LogP contribution in [0.5, 0.6) is 0 Å². The molecule has 78 valence electrons. The van der Waals surface area contributed by atoms with Gasteiger partial charge in [0, 0.05) is 5.69 Å². The monoisotopic (exact) mass is 192 g/mol. The number of rotatable bonds is 1. The van der Waals surface area contributed by atoms with Crippen LogP contribution in [-0.2, 0) is 11.8 Å². The molecule has 1 heterocycles. The maximum atomic E-state index is 5.74. The second-order valence-corrected chi connectivity index (χ2v) is 4.77. The second-order valence-electron chi connectivity index (χ2n) is 4.77. The van der Waals surface area contributed by atoms with Crippen LogP contribution in [-0.4, -0.2) is 4.98 Å². The summed E-state index contributed by atoms with van der Waals surface area (Å²) in [6.45, 7) is 10.8. The first-order chi connectivity index (χ1) is 6.36. The van der Waals surface area contributed by atoms with Crippen molar-refractivity contribution in [3.8, 4) is 0 Å². The third-order valence-electron chi connectivity index (χ3n) is 2.43. The van der Waals surface area contributed by atoms with Gasteiger partial charge < -0.3 is 5.73 Å². The maximum absolute atomic E-state index is 5.74. The summed E-state index contributed by atoms with van der Waals surface area (Å²) in [5.41, 5.74) is 9.61. The first kappa shape index (κ1) is 11.0. The molecule has 0 atom stereocenters. The van der Waals surface area contributed by atoms with Gasteiger partial charge in [0.05, 0.1) is 0 Å². The summed E-state index contributed by atoms with van der Waals surface area (Å²) in [6.07, 6.45) is 1.01. The van der Waals surface area contributed by atoms with Gasteiger partial charge in [-0.25, -0.2) is 4.98 Å². The van der Waals surface area contributed by atoms with Crippen LogP contribution in [0, 0.1) is 6.92 Å². The first-order valence-electron chi connectivity index (χ1n) is 5.12. The summed E-state index contributed by atoms with van der Waals surface area (Å²) < 4.78 is 0. The van der Waals surface area contributed by atoms with E-state index in [0.717, 1.165) is 12.1 Å². The Hall–Kier alpha value is -1.05. The highest BCUT2D eigenvalue weighted by Crippen LogP contribution is 2.29. The lowest BCUT2D eigenvalue weighted by Gasteiger charge is -2.24. The average Bonchev–Trinajstić information content (AvgIpc) is 1.99. The number of pyridine rings is 1. The predicted octanol–water partition coefficient (Wildman–Crippen LogP) is 2.83. The third-order valence-corrected chi connectivity index (χ3v) is 2.43. The van der Waals surface area contributed by atoms with Crippen molar-refractivity contribution >= 4 is 5.82 Å². The van der Waals surface area contributed by atoms with Crippen LogP contribution in [0.25, 0.3) is 0 Å². The highest BCUT2D eigenvalue weighted by molar-refractivity contribution is 5.44. The van der Waals surface area contributed by atoms with Crippen molar-refractivity contribution in [1.29, 1.82) is 0 Å². The zero-order valence-corrected chi connectivity index (χ0v) is 9.81. The predicted molar refractivity (Wildman–Crippen MR) is 61.5 cm³/mol. The van der Waals surface area contributed by atoms with E-state index in [2.05, 4.69) is 32.7 Å². The number of hydrogen-bond acceptors (Lipinski definition) is 2. The quantitative estimate of drug-likeness (QED) is 0.743. The lowest BCUT2D eigenvalue weighted by molar-refractivity contribution is 0.575. The molecule has 1 aromatic heterocycles.